The third-order valence-electron chi connectivity index (χ3n) is 10.1. The van der Waals surface area contributed by atoms with Crippen LogP contribution in [0.15, 0.2) is 170 Å². The normalized spacial score (nSPS) is 11.9. The highest BCUT2D eigenvalue weighted by Crippen LogP contribution is 2.42. The van der Waals surface area contributed by atoms with E-state index in [4.69, 9.17) is 15.1 Å². The van der Waals surface area contributed by atoms with Gasteiger partial charge in [0.05, 0.1) is 33.3 Å². The van der Waals surface area contributed by atoms with Crippen molar-refractivity contribution in [1.82, 2.24) is 28.7 Å². The Morgan fingerprint density at radius 1 is 0.373 bits per heavy atom. The Morgan fingerprint density at radius 2 is 0.980 bits per heavy atom. The van der Waals surface area contributed by atoms with Gasteiger partial charge >= 0.3 is 0 Å². The van der Waals surface area contributed by atoms with Gasteiger partial charge in [0.25, 0.3) is 5.78 Å². The van der Waals surface area contributed by atoms with Gasteiger partial charge in [0, 0.05) is 49.4 Å². The smallest absolute Gasteiger partial charge is 0.253 e. The Balaban J connectivity index is 1.10. The van der Waals surface area contributed by atoms with Crippen LogP contribution in [0, 0.1) is 0 Å². The first-order valence-corrected chi connectivity index (χ1v) is 17.1. The number of para-hydroxylation sites is 4. The number of benzene rings is 7. The van der Waals surface area contributed by atoms with Crippen molar-refractivity contribution in [2.75, 3.05) is 0 Å². The van der Waals surface area contributed by atoms with Crippen LogP contribution in [0.4, 0.5) is 0 Å². The second-order valence-electron chi connectivity index (χ2n) is 12.9. The molecule has 6 nitrogen and oxygen atoms in total. The second kappa shape index (κ2) is 10.7. The van der Waals surface area contributed by atoms with E-state index in [2.05, 4.69) is 149 Å². The molecule has 11 rings (SSSR count). The van der Waals surface area contributed by atoms with Crippen LogP contribution in [0.3, 0.4) is 0 Å². The predicted molar refractivity (Wildman–Crippen MR) is 208 cm³/mol. The van der Waals surface area contributed by atoms with Crippen LogP contribution in [0.25, 0.3) is 94.3 Å². The summed E-state index contributed by atoms with van der Waals surface area (Å²) >= 11 is 0. The Morgan fingerprint density at radius 3 is 1.75 bits per heavy atom. The van der Waals surface area contributed by atoms with E-state index < -0.39 is 0 Å². The number of hydrogen-bond donors (Lipinski definition) is 0. The topological polar surface area (TPSA) is 52.9 Å². The summed E-state index contributed by atoms with van der Waals surface area (Å²) in [7, 11) is 0. The van der Waals surface area contributed by atoms with Gasteiger partial charge in [-0.3, -0.25) is 0 Å². The first-order chi connectivity index (χ1) is 25.3. The van der Waals surface area contributed by atoms with Gasteiger partial charge in [-0.2, -0.15) is 9.50 Å². The molecule has 0 fully saturated rings. The van der Waals surface area contributed by atoms with E-state index in [0.717, 1.165) is 50.1 Å². The molecule has 0 unspecified atom stereocenters. The zero-order valence-corrected chi connectivity index (χ0v) is 27.3. The Labute approximate surface area is 292 Å². The van der Waals surface area contributed by atoms with E-state index in [1.807, 2.05) is 34.8 Å². The maximum Gasteiger partial charge on any atom is 0.253 e. The fraction of sp³-hybridized carbons (Fsp3) is 0. The molecule has 0 bridgehead atoms. The van der Waals surface area contributed by atoms with Crippen LogP contribution in [-0.4, -0.2) is 28.7 Å². The first kappa shape index (κ1) is 27.9. The van der Waals surface area contributed by atoms with Crippen LogP contribution < -0.4 is 0 Å². The SMILES string of the molecule is c1ccc(-c2nc3nc(-c4ccc(-n5c6ccccc6c6c5ccc5c7ccccc7n(-c7ccccc7)c56)cc4)nn3c3ccccc23)cc1. The highest BCUT2D eigenvalue weighted by Gasteiger charge is 2.21. The summed E-state index contributed by atoms with van der Waals surface area (Å²) in [6, 6.07) is 59.8. The summed E-state index contributed by atoms with van der Waals surface area (Å²) in [4.78, 5) is 9.94. The van der Waals surface area contributed by atoms with Gasteiger partial charge in [-0.25, -0.2) is 4.98 Å². The highest BCUT2D eigenvalue weighted by molar-refractivity contribution is 6.26. The van der Waals surface area contributed by atoms with Gasteiger partial charge < -0.3 is 9.13 Å². The van der Waals surface area contributed by atoms with Crippen molar-refractivity contribution < 1.29 is 0 Å². The van der Waals surface area contributed by atoms with Crippen LogP contribution in [-0.2, 0) is 0 Å². The molecule has 0 atom stereocenters. The van der Waals surface area contributed by atoms with E-state index >= 15 is 0 Å². The number of fused-ring (bicyclic) bond motifs is 10. The van der Waals surface area contributed by atoms with Crippen molar-refractivity contribution in [2.45, 2.75) is 0 Å². The number of hydrogen-bond acceptors (Lipinski definition) is 3. The standard InChI is InChI=1S/C45H28N6/c1-3-13-29(14-4-1)42-36-19-9-12-22-39(36)51-45(46-42)47-44(48-51)30-23-25-32(26-24-30)49-38-21-11-8-18-35(38)41-40(49)28-27-34-33-17-7-10-20-37(33)50(43(34)41)31-15-5-2-6-16-31/h1-28H. The summed E-state index contributed by atoms with van der Waals surface area (Å²) < 4.78 is 6.65. The van der Waals surface area contributed by atoms with Crippen LogP contribution in [0.5, 0.6) is 0 Å². The molecule has 0 amide bonds. The average Bonchev–Trinajstić information content (AvgIpc) is 3.89. The van der Waals surface area contributed by atoms with E-state index in [1.165, 1.54) is 32.6 Å². The minimum atomic E-state index is 0.576. The van der Waals surface area contributed by atoms with Crippen molar-refractivity contribution in [3.05, 3.63) is 170 Å². The third-order valence-corrected chi connectivity index (χ3v) is 10.1. The van der Waals surface area contributed by atoms with E-state index in [1.54, 1.807) is 0 Å². The molecule has 0 aliphatic carbocycles. The van der Waals surface area contributed by atoms with Gasteiger partial charge in [-0.1, -0.05) is 109 Å². The van der Waals surface area contributed by atoms with Crippen molar-refractivity contribution in [1.29, 1.82) is 0 Å². The summed E-state index contributed by atoms with van der Waals surface area (Å²) in [5.74, 6) is 1.22. The van der Waals surface area contributed by atoms with Crippen molar-refractivity contribution in [3.8, 4) is 34.0 Å². The van der Waals surface area contributed by atoms with Crippen LogP contribution in [0.1, 0.15) is 0 Å². The molecule has 4 aromatic heterocycles. The lowest BCUT2D eigenvalue weighted by Gasteiger charge is -2.10. The Hall–Kier alpha value is -7.05. The molecule has 4 heterocycles. The minimum absolute atomic E-state index is 0.576. The zero-order valence-electron chi connectivity index (χ0n) is 27.3. The first-order valence-electron chi connectivity index (χ1n) is 17.1. The summed E-state index contributed by atoms with van der Waals surface area (Å²) in [6.07, 6.45) is 0. The molecule has 0 aliphatic heterocycles. The molecule has 7 aromatic carbocycles. The third kappa shape index (κ3) is 4.07. The summed E-state index contributed by atoms with van der Waals surface area (Å²) in [5, 5.41) is 11.0. The Kier molecular flexibility index (Phi) is 5.86. The van der Waals surface area contributed by atoms with E-state index in [9.17, 15) is 0 Å². The lowest BCUT2D eigenvalue weighted by Crippen LogP contribution is -1.97. The summed E-state index contributed by atoms with van der Waals surface area (Å²) in [6.45, 7) is 0. The summed E-state index contributed by atoms with van der Waals surface area (Å²) in [5.41, 5.74) is 10.8. The molecule has 0 aliphatic rings. The fourth-order valence-electron chi connectivity index (χ4n) is 7.89. The average molecular weight is 653 g/mol. The molecule has 11 aromatic rings. The number of rotatable bonds is 4. The van der Waals surface area contributed by atoms with Gasteiger partial charge in [-0.05, 0) is 60.7 Å². The Bertz CT molecular complexity index is 3120. The molecule has 0 saturated carbocycles. The molecular formula is C45H28N6. The van der Waals surface area contributed by atoms with Crippen LogP contribution >= 0.6 is 0 Å². The minimum Gasteiger partial charge on any atom is -0.309 e. The molecule has 0 spiro atoms. The molecule has 0 saturated heterocycles. The van der Waals surface area contributed by atoms with Crippen LogP contribution in [0.2, 0.25) is 0 Å². The van der Waals surface area contributed by atoms with Gasteiger partial charge in [0.2, 0.25) is 0 Å². The largest absolute Gasteiger partial charge is 0.309 e. The maximum absolute atomic E-state index is 5.00. The molecular weight excluding hydrogens is 625 g/mol. The maximum atomic E-state index is 5.00. The predicted octanol–water partition coefficient (Wildman–Crippen LogP) is 10.8. The van der Waals surface area contributed by atoms with Crippen molar-refractivity contribution in [3.63, 3.8) is 0 Å². The fourth-order valence-corrected chi connectivity index (χ4v) is 7.89. The quantitative estimate of drug-likeness (QED) is 0.190. The molecule has 0 radical (unpaired) electrons. The van der Waals surface area contributed by atoms with Gasteiger partial charge in [0.1, 0.15) is 0 Å². The monoisotopic (exact) mass is 652 g/mol. The zero-order chi connectivity index (χ0) is 33.5. The lowest BCUT2D eigenvalue weighted by atomic mass is 10.1. The van der Waals surface area contributed by atoms with Gasteiger partial charge in [0.15, 0.2) is 5.82 Å². The molecule has 51 heavy (non-hydrogen) atoms. The van der Waals surface area contributed by atoms with Crippen molar-refractivity contribution >= 4 is 60.3 Å². The number of aromatic nitrogens is 6. The lowest BCUT2D eigenvalue weighted by molar-refractivity contribution is 0.988. The molecule has 0 N–H and O–H groups in total. The molecule has 6 heteroatoms. The number of nitrogens with zero attached hydrogens (tertiary/aromatic N) is 6. The van der Waals surface area contributed by atoms with Gasteiger partial charge in [-0.15, -0.1) is 5.10 Å². The highest BCUT2D eigenvalue weighted by atomic mass is 15.3. The van der Waals surface area contributed by atoms with E-state index in [0.29, 0.717) is 11.6 Å². The van der Waals surface area contributed by atoms with Crippen molar-refractivity contribution in [2.24, 2.45) is 0 Å². The second-order valence-corrected chi connectivity index (χ2v) is 12.9. The van der Waals surface area contributed by atoms with E-state index in [-0.39, 0.29) is 0 Å². The molecule has 238 valence electrons.